The molecular formula is C40H44BrN9O8. The molecule has 304 valence electrons. The van der Waals surface area contributed by atoms with Crippen LogP contribution in [0.25, 0.3) is 0 Å². The zero-order valence-corrected chi connectivity index (χ0v) is 33.7. The topological polar surface area (TPSA) is 196 Å². The summed E-state index contributed by atoms with van der Waals surface area (Å²) in [5.41, 5.74) is 2.43. The maximum atomic E-state index is 13.4. The standard InChI is InChI=1S/C40H44BrN9O8/c1-46-22-26(20-27(23-46)43-30-21-42-47(2)40(57)35(30)41)24-6-8-25(9-7-24)37(54)49-15-13-48(14-16-49)17-19-58-18-12-33(52)44-29-5-3-4-28-34(29)39(56)50(38(28)55)31-10-11-32(51)45-36(31)53/h3-9,12,18,21,26-27,31,43H,10-11,13-17,19-20,22-23H2,1-2H3,(H,44,52)(H,45,51,53)/t26-,27+,31?/m0/s1. The lowest BCUT2D eigenvalue weighted by atomic mass is 9.87. The van der Waals surface area contributed by atoms with E-state index in [1.54, 1.807) is 13.2 Å². The van der Waals surface area contributed by atoms with Crippen LogP contribution >= 0.6 is 15.9 Å². The number of piperazine rings is 1. The minimum absolute atomic E-state index is 0.00360. The molecule has 3 atom stereocenters. The number of likely N-dealkylation sites (tertiary alicyclic amines) is 1. The van der Waals surface area contributed by atoms with E-state index in [0.717, 1.165) is 30.0 Å². The van der Waals surface area contributed by atoms with Crippen LogP contribution in [-0.2, 0) is 26.2 Å². The molecule has 1 unspecified atom stereocenters. The van der Waals surface area contributed by atoms with Gasteiger partial charge < -0.3 is 25.2 Å². The molecule has 0 saturated carbocycles. The summed E-state index contributed by atoms with van der Waals surface area (Å²) in [7, 11) is 3.69. The Labute approximate surface area is 342 Å². The molecule has 1 aromatic heterocycles. The number of hydrogen-bond acceptors (Lipinski definition) is 12. The van der Waals surface area contributed by atoms with Crippen molar-refractivity contribution >= 4 is 62.7 Å². The minimum Gasteiger partial charge on any atom is -0.500 e. The largest absolute Gasteiger partial charge is 0.500 e. The summed E-state index contributed by atoms with van der Waals surface area (Å²) in [5, 5.41) is 12.4. The highest BCUT2D eigenvalue weighted by Gasteiger charge is 2.45. The van der Waals surface area contributed by atoms with Gasteiger partial charge in [-0.15, -0.1) is 0 Å². The summed E-state index contributed by atoms with van der Waals surface area (Å²) in [4.78, 5) is 95.9. The quantitative estimate of drug-likeness (QED) is 0.110. The van der Waals surface area contributed by atoms with Crippen LogP contribution in [0.3, 0.4) is 0 Å². The number of aryl methyl sites for hydroxylation is 1. The number of rotatable bonds is 11. The molecule has 4 aliphatic heterocycles. The molecule has 18 heteroatoms. The Bertz CT molecular complexity index is 2220. The van der Waals surface area contributed by atoms with Crippen LogP contribution < -0.4 is 21.5 Å². The molecule has 17 nitrogen and oxygen atoms in total. The summed E-state index contributed by atoms with van der Waals surface area (Å²) >= 11 is 3.40. The summed E-state index contributed by atoms with van der Waals surface area (Å²) < 4.78 is 7.31. The van der Waals surface area contributed by atoms with E-state index in [0.29, 0.717) is 55.1 Å². The van der Waals surface area contributed by atoms with Gasteiger partial charge in [0.1, 0.15) is 10.5 Å². The number of likely N-dealkylation sites (N-methyl/N-ethyl adjacent to an activating group) is 1. The van der Waals surface area contributed by atoms with Crippen molar-refractivity contribution in [3.8, 4) is 0 Å². The predicted molar refractivity (Wildman–Crippen MR) is 215 cm³/mol. The SMILES string of the molecule is CN1C[C@H](Nc2cnn(C)c(=O)c2Br)C[C@H](c2ccc(C(=O)N3CCN(CCOC=CC(=O)Nc4cccc5c4C(=O)N(C4CCC(=O)NC4=O)C5=O)CC3)cc2)C1. The van der Waals surface area contributed by atoms with Gasteiger partial charge in [0.25, 0.3) is 29.2 Å². The number of nitrogens with zero attached hydrogens (tertiary/aromatic N) is 6. The van der Waals surface area contributed by atoms with Crippen LogP contribution in [-0.4, -0.2) is 136 Å². The Hall–Kier alpha value is -5.72. The molecule has 0 spiro atoms. The number of carbonyl (C=O) groups excluding carboxylic acids is 6. The predicted octanol–water partition coefficient (Wildman–Crippen LogP) is 1.77. The number of halogens is 1. The lowest BCUT2D eigenvalue weighted by Crippen LogP contribution is -2.54. The molecule has 7 rings (SSSR count). The van der Waals surface area contributed by atoms with Gasteiger partial charge in [0, 0.05) is 77.0 Å². The molecule has 0 aliphatic carbocycles. The van der Waals surface area contributed by atoms with Gasteiger partial charge in [0.15, 0.2) is 0 Å². The summed E-state index contributed by atoms with van der Waals surface area (Å²) in [6, 6.07) is 11.3. The Balaban J connectivity index is 0.838. The van der Waals surface area contributed by atoms with E-state index in [2.05, 4.69) is 53.8 Å². The van der Waals surface area contributed by atoms with E-state index in [4.69, 9.17) is 4.74 Å². The van der Waals surface area contributed by atoms with E-state index >= 15 is 0 Å². The highest BCUT2D eigenvalue weighted by atomic mass is 79.9. The summed E-state index contributed by atoms with van der Waals surface area (Å²) in [5.74, 6) is -2.91. The van der Waals surface area contributed by atoms with Gasteiger partial charge in [0.2, 0.25) is 11.8 Å². The first-order valence-corrected chi connectivity index (χ1v) is 19.9. The summed E-state index contributed by atoms with van der Waals surface area (Å²) in [6.45, 7) is 5.06. The Morgan fingerprint density at radius 3 is 2.47 bits per heavy atom. The number of benzene rings is 2. The van der Waals surface area contributed by atoms with E-state index < -0.39 is 35.6 Å². The highest BCUT2D eigenvalue weighted by molar-refractivity contribution is 9.10. The molecule has 58 heavy (non-hydrogen) atoms. The number of aromatic nitrogens is 2. The molecule has 6 amide bonds. The fourth-order valence-electron chi connectivity index (χ4n) is 7.91. The number of piperidine rings is 2. The van der Waals surface area contributed by atoms with Crippen molar-refractivity contribution in [3.05, 3.63) is 98.1 Å². The Kier molecular flexibility index (Phi) is 12.2. The zero-order valence-electron chi connectivity index (χ0n) is 32.1. The molecule has 3 fully saturated rings. The van der Waals surface area contributed by atoms with Crippen molar-refractivity contribution in [2.24, 2.45) is 7.05 Å². The number of fused-ring (bicyclic) bond motifs is 1. The fraction of sp³-hybridized carbons (Fsp3) is 0.400. The number of amides is 6. The van der Waals surface area contributed by atoms with E-state index in [-0.39, 0.29) is 53.1 Å². The fourth-order valence-corrected chi connectivity index (χ4v) is 8.38. The monoisotopic (exact) mass is 857 g/mol. The van der Waals surface area contributed by atoms with Crippen LogP contribution in [0.1, 0.15) is 61.8 Å². The van der Waals surface area contributed by atoms with E-state index in [9.17, 15) is 33.6 Å². The van der Waals surface area contributed by atoms with Gasteiger partial charge in [-0.1, -0.05) is 18.2 Å². The van der Waals surface area contributed by atoms with Crippen LogP contribution in [0.15, 0.2) is 70.3 Å². The molecule has 0 radical (unpaired) electrons. The third kappa shape index (κ3) is 8.73. The maximum absolute atomic E-state index is 13.4. The number of nitrogens with one attached hydrogen (secondary N) is 3. The average Bonchev–Trinajstić information content (AvgIpc) is 3.47. The molecular weight excluding hydrogens is 814 g/mol. The van der Waals surface area contributed by atoms with Crippen molar-refractivity contribution in [3.63, 3.8) is 0 Å². The normalized spacial score (nSPS) is 21.6. The number of hydrogen-bond donors (Lipinski definition) is 3. The number of imide groups is 2. The third-order valence-electron chi connectivity index (χ3n) is 10.9. The van der Waals surface area contributed by atoms with Crippen LogP contribution in [0.4, 0.5) is 11.4 Å². The third-order valence-corrected chi connectivity index (χ3v) is 11.7. The molecule has 5 heterocycles. The van der Waals surface area contributed by atoms with Gasteiger partial charge in [0.05, 0.1) is 41.6 Å². The molecule has 3 N–H and O–H groups in total. The second kappa shape index (κ2) is 17.4. The van der Waals surface area contributed by atoms with Gasteiger partial charge >= 0.3 is 0 Å². The van der Waals surface area contributed by atoms with Crippen LogP contribution in [0, 0.1) is 0 Å². The van der Waals surface area contributed by atoms with E-state index in [1.165, 1.54) is 35.2 Å². The zero-order chi connectivity index (χ0) is 41.1. The number of anilines is 2. The number of ether oxygens (including phenoxy) is 1. The van der Waals surface area contributed by atoms with Gasteiger partial charge in [-0.05, 0) is 71.6 Å². The number of carbonyl (C=O) groups is 6. The second-order valence-corrected chi connectivity index (χ2v) is 15.7. The average molecular weight is 859 g/mol. The van der Waals surface area contributed by atoms with Gasteiger partial charge in [-0.25, -0.2) is 4.68 Å². The molecule has 4 aliphatic rings. The lowest BCUT2D eigenvalue weighted by molar-refractivity contribution is -0.136. The summed E-state index contributed by atoms with van der Waals surface area (Å²) in [6.07, 6.45) is 4.99. The van der Waals surface area contributed by atoms with Crippen molar-refractivity contribution in [1.82, 2.24) is 34.7 Å². The van der Waals surface area contributed by atoms with E-state index in [1.807, 2.05) is 29.2 Å². The van der Waals surface area contributed by atoms with Gasteiger partial charge in [-0.2, -0.15) is 5.10 Å². The second-order valence-electron chi connectivity index (χ2n) is 14.9. The first-order chi connectivity index (χ1) is 27.9. The van der Waals surface area contributed by atoms with Crippen LogP contribution in [0.5, 0.6) is 0 Å². The smallest absolute Gasteiger partial charge is 0.282 e. The Morgan fingerprint density at radius 2 is 1.72 bits per heavy atom. The Morgan fingerprint density at radius 1 is 0.966 bits per heavy atom. The first kappa shape index (κ1) is 40.5. The molecule has 0 bridgehead atoms. The maximum Gasteiger partial charge on any atom is 0.282 e. The lowest BCUT2D eigenvalue weighted by Gasteiger charge is -2.37. The van der Waals surface area contributed by atoms with Crippen molar-refractivity contribution in [1.29, 1.82) is 0 Å². The van der Waals surface area contributed by atoms with Crippen molar-refractivity contribution < 1.29 is 33.5 Å². The molecule has 2 aromatic carbocycles. The first-order valence-electron chi connectivity index (χ1n) is 19.1. The molecule has 3 saturated heterocycles. The van der Waals surface area contributed by atoms with Crippen LogP contribution in [0.2, 0.25) is 0 Å². The van der Waals surface area contributed by atoms with Crippen molar-refractivity contribution in [2.45, 2.75) is 37.3 Å². The van der Waals surface area contributed by atoms with Gasteiger partial charge in [-0.3, -0.25) is 48.7 Å². The van der Waals surface area contributed by atoms with Crippen molar-refractivity contribution in [2.75, 3.05) is 70.1 Å². The highest BCUT2D eigenvalue weighted by Crippen LogP contribution is 2.33. The minimum atomic E-state index is -1.11. The molecule has 3 aromatic rings.